The van der Waals surface area contributed by atoms with Gasteiger partial charge in [-0.25, -0.2) is 4.98 Å². The third kappa shape index (κ3) is 5.88. The average molecular weight is 455 g/mol. The zero-order valence-corrected chi connectivity index (χ0v) is 18.4. The Labute approximate surface area is 189 Å². The molecule has 0 saturated heterocycles. The van der Waals surface area contributed by atoms with Crippen molar-refractivity contribution in [2.45, 2.75) is 39.4 Å². The van der Waals surface area contributed by atoms with E-state index >= 15 is 0 Å². The number of ketones is 1. The van der Waals surface area contributed by atoms with E-state index in [0.717, 1.165) is 12.1 Å². The zero-order chi connectivity index (χ0) is 24.2. The lowest BCUT2D eigenvalue weighted by molar-refractivity contribution is -0.137. The molecule has 172 valence electrons. The van der Waals surface area contributed by atoms with Crippen molar-refractivity contribution in [2.75, 3.05) is 6.61 Å². The maximum absolute atomic E-state index is 13.1. The number of hydrogen-bond donors (Lipinski definition) is 1. The summed E-state index contributed by atoms with van der Waals surface area (Å²) in [4.78, 5) is 16.9. The summed E-state index contributed by atoms with van der Waals surface area (Å²) in [6.45, 7) is 3.75. The van der Waals surface area contributed by atoms with E-state index in [-0.39, 0.29) is 30.9 Å². The monoisotopic (exact) mass is 455 g/mol. The average Bonchev–Trinajstić information content (AvgIpc) is 3.12. The Morgan fingerprint density at radius 3 is 2.67 bits per heavy atom. The van der Waals surface area contributed by atoms with Crippen LogP contribution in [-0.2, 0) is 17.5 Å². The molecule has 0 aliphatic rings. The van der Waals surface area contributed by atoms with Gasteiger partial charge < -0.3 is 9.67 Å². The van der Waals surface area contributed by atoms with Crippen LogP contribution in [-0.4, -0.2) is 27.0 Å². The molecule has 1 N–H and O–H groups in total. The fourth-order valence-corrected chi connectivity index (χ4v) is 3.42. The van der Waals surface area contributed by atoms with Gasteiger partial charge >= 0.3 is 6.18 Å². The molecule has 0 bridgehead atoms. The maximum atomic E-state index is 13.1. The summed E-state index contributed by atoms with van der Waals surface area (Å²) in [7, 11) is 0. The van der Waals surface area contributed by atoms with Crippen molar-refractivity contribution in [1.29, 1.82) is 5.26 Å². The number of Topliss-reactive ketones (excluding diaryl/α,β-unsaturated/α-hetero) is 1. The predicted octanol–water partition coefficient (Wildman–Crippen LogP) is 5.38. The van der Waals surface area contributed by atoms with Crippen molar-refractivity contribution in [3.63, 3.8) is 0 Å². The number of pyridine rings is 1. The molecule has 0 fully saturated rings. The van der Waals surface area contributed by atoms with Crippen LogP contribution in [0.25, 0.3) is 17.1 Å². The first-order chi connectivity index (χ1) is 15.5. The zero-order valence-electron chi connectivity index (χ0n) is 18.4. The number of aliphatic hydroxyl groups excluding tert-OH is 1. The molecule has 3 rings (SSSR count). The van der Waals surface area contributed by atoms with Gasteiger partial charge in [0.1, 0.15) is 11.7 Å². The number of carbonyl (C=O) groups excluding carboxylic acids is 1. The first-order valence-corrected chi connectivity index (χ1v) is 10.4. The molecule has 0 aliphatic carbocycles. The van der Waals surface area contributed by atoms with Crippen molar-refractivity contribution >= 4 is 22.9 Å². The highest BCUT2D eigenvalue weighted by Gasteiger charge is 2.30. The third-order valence-corrected chi connectivity index (χ3v) is 5.45. The lowest BCUT2D eigenvalue weighted by Gasteiger charge is -2.20. The Morgan fingerprint density at radius 1 is 1.24 bits per heavy atom. The van der Waals surface area contributed by atoms with E-state index < -0.39 is 17.2 Å². The Hall–Kier alpha value is -3.44. The number of nitriles is 1. The number of fused-ring (bicyclic) bond motifs is 1. The number of halogens is 3. The SMILES string of the molecule is CC(C)(CO)CCC(=O)/C(C#N)=C/c1cn(Cc2cccc(C(F)(F)F)c2)c2ncccc12. The van der Waals surface area contributed by atoms with E-state index in [4.69, 9.17) is 0 Å². The van der Waals surface area contributed by atoms with Gasteiger partial charge in [0.05, 0.1) is 11.1 Å². The van der Waals surface area contributed by atoms with Crippen LogP contribution in [0.4, 0.5) is 13.2 Å². The van der Waals surface area contributed by atoms with Gasteiger partial charge in [-0.15, -0.1) is 0 Å². The highest BCUT2D eigenvalue weighted by Crippen LogP contribution is 2.30. The molecule has 0 atom stereocenters. The largest absolute Gasteiger partial charge is 0.416 e. The summed E-state index contributed by atoms with van der Waals surface area (Å²) in [5.41, 5.74) is 0.383. The smallest absolute Gasteiger partial charge is 0.396 e. The summed E-state index contributed by atoms with van der Waals surface area (Å²) in [5.74, 6) is -0.332. The minimum atomic E-state index is -4.44. The van der Waals surface area contributed by atoms with Crippen molar-refractivity contribution in [2.24, 2.45) is 5.41 Å². The fourth-order valence-electron chi connectivity index (χ4n) is 3.42. The van der Waals surface area contributed by atoms with E-state index in [0.29, 0.717) is 28.6 Å². The molecule has 2 heterocycles. The van der Waals surface area contributed by atoms with E-state index in [9.17, 15) is 28.3 Å². The molecular formula is C25H24F3N3O2. The molecule has 1 aromatic carbocycles. The van der Waals surface area contributed by atoms with Crippen LogP contribution >= 0.6 is 0 Å². The quantitative estimate of drug-likeness (QED) is 0.365. The number of aromatic nitrogens is 2. The second-order valence-corrected chi connectivity index (χ2v) is 8.70. The highest BCUT2D eigenvalue weighted by atomic mass is 19.4. The highest BCUT2D eigenvalue weighted by molar-refractivity contribution is 6.05. The van der Waals surface area contributed by atoms with Gasteiger partial charge in [-0.1, -0.05) is 26.0 Å². The summed E-state index contributed by atoms with van der Waals surface area (Å²) >= 11 is 0. The number of nitrogens with zero attached hydrogens (tertiary/aromatic N) is 3. The van der Waals surface area contributed by atoms with E-state index in [2.05, 4.69) is 4.98 Å². The van der Waals surface area contributed by atoms with Crippen LogP contribution in [0.15, 0.2) is 54.4 Å². The van der Waals surface area contributed by atoms with Gasteiger partial charge in [-0.3, -0.25) is 4.79 Å². The number of carbonyl (C=O) groups is 1. The maximum Gasteiger partial charge on any atom is 0.416 e. The summed E-state index contributed by atoms with van der Waals surface area (Å²) in [6.07, 6.45) is 0.856. The van der Waals surface area contributed by atoms with Gasteiger partial charge in [-0.05, 0) is 47.7 Å². The molecule has 0 amide bonds. The van der Waals surface area contributed by atoms with Crippen molar-refractivity contribution in [3.05, 3.63) is 71.1 Å². The molecule has 0 unspecified atom stereocenters. The minimum Gasteiger partial charge on any atom is -0.396 e. The number of aliphatic hydroxyl groups is 1. The minimum absolute atomic E-state index is 0.0225. The van der Waals surface area contributed by atoms with Crippen molar-refractivity contribution in [1.82, 2.24) is 9.55 Å². The fraction of sp³-hybridized carbons (Fsp3) is 0.320. The van der Waals surface area contributed by atoms with E-state index in [1.54, 1.807) is 35.2 Å². The number of allylic oxidation sites excluding steroid dienone is 1. The van der Waals surface area contributed by atoms with Crippen LogP contribution in [0.1, 0.15) is 43.4 Å². The van der Waals surface area contributed by atoms with Crippen molar-refractivity contribution < 1.29 is 23.1 Å². The van der Waals surface area contributed by atoms with E-state index in [1.807, 2.05) is 19.9 Å². The second-order valence-electron chi connectivity index (χ2n) is 8.70. The number of hydrogen-bond acceptors (Lipinski definition) is 4. The Morgan fingerprint density at radius 2 is 2.00 bits per heavy atom. The molecule has 0 saturated carbocycles. The van der Waals surface area contributed by atoms with Gasteiger partial charge in [0.15, 0.2) is 5.78 Å². The van der Waals surface area contributed by atoms with Crippen LogP contribution in [0.5, 0.6) is 0 Å². The Bertz CT molecular complexity index is 1230. The molecule has 8 heteroatoms. The Balaban J connectivity index is 1.94. The molecular weight excluding hydrogens is 431 g/mol. The lowest BCUT2D eigenvalue weighted by atomic mass is 9.87. The van der Waals surface area contributed by atoms with Gasteiger partial charge in [-0.2, -0.15) is 18.4 Å². The summed E-state index contributed by atoms with van der Waals surface area (Å²) in [6, 6.07) is 10.5. The van der Waals surface area contributed by atoms with E-state index in [1.165, 1.54) is 12.1 Å². The lowest BCUT2D eigenvalue weighted by Crippen LogP contribution is -2.18. The number of alkyl halides is 3. The second kappa shape index (κ2) is 9.59. The summed E-state index contributed by atoms with van der Waals surface area (Å²) < 4.78 is 40.9. The molecule has 5 nitrogen and oxygen atoms in total. The van der Waals surface area contributed by atoms with Crippen LogP contribution in [0.3, 0.4) is 0 Å². The Kier molecular flexibility index (Phi) is 7.04. The molecule has 0 spiro atoms. The molecule has 0 radical (unpaired) electrons. The van der Waals surface area contributed by atoms with Gasteiger partial charge in [0.25, 0.3) is 0 Å². The normalized spacial score (nSPS) is 12.7. The van der Waals surface area contributed by atoms with Crippen LogP contribution in [0.2, 0.25) is 0 Å². The number of rotatable bonds is 8. The van der Waals surface area contributed by atoms with Crippen LogP contribution < -0.4 is 0 Å². The third-order valence-electron chi connectivity index (χ3n) is 5.45. The molecule has 3 aromatic rings. The predicted molar refractivity (Wildman–Crippen MR) is 119 cm³/mol. The van der Waals surface area contributed by atoms with Gasteiger partial charge in [0, 0.05) is 42.9 Å². The summed E-state index contributed by atoms with van der Waals surface area (Å²) in [5, 5.41) is 19.6. The standard InChI is InChI=1S/C25H24F3N3O2/c1-24(2,16-32)9-8-22(33)18(13-29)12-19-15-31(23-21(19)7-4-10-30-23)14-17-5-3-6-20(11-17)25(26,27)28/h3-7,10-12,15,32H,8-9,14,16H2,1-2H3/b18-12+. The molecule has 33 heavy (non-hydrogen) atoms. The number of benzene rings is 1. The van der Waals surface area contributed by atoms with Crippen molar-refractivity contribution in [3.8, 4) is 6.07 Å². The first-order valence-electron chi connectivity index (χ1n) is 10.4. The van der Waals surface area contributed by atoms with Gasteiger partial charge in [0.2, 0.25) is 0 Å². The van der Waals surface area contributed by atoms with Crippen LogP contribution in [0, 0.1) is 16.7 Å². The topological polar surface area (TPSA) is 78.9 Å². The molecule has 2 aromatic heterocycles. The molecule has 0 aliphatic heterocycles. The first kappa shape index (κ1) is 24.2.